The van der Waals surface area contributed by atoms with Crippen LogP contribution >= 0.6 is 11.8 Å². The molecule has 1 aliphatic rings. The number of carbonyl (C=O) groups is 1. The van der Waals surface area contributed by atoms with E-state index in [-0.39, 0.29) is 22.8 Å². The molecule has 0 radical (unpaired) electrons. The van der Waals surface area contributed by atoms with Gasteiger partial charge in [0.2, 0.25) is 5.12 Å². The largest absolute Gasteiger partial charge is 0.507 e. The quantitative estimate of drug-likeness (QED) is 0.778. The van der Waals surface area contributed by atoms with Crippen molar-refractivity contribution in [3.63, 3.8) is 0 Å². The Morgan fingerprint density at radius 2 is 2.25 bits per heavy atom. The third-order valence-corrected chi connectivity index (χ3v) is 4.20. The molecule has 110 valence electrons. The summed E-state index contributed by atoms with van der Waals surface area (Å²) < 4.78 is 5.60. The minimum atomic E-state index is -1.40. The monoisotopic (exact) mass is 298 g/mol. The van der Waals surface area contributed by atoms with Gasteiger partial charge in [0.1, 0.15) is 23.2 Å². The van der Waals surface area contributed by atoms with Crippen LogP contribution in [0.1, 0.15) is 28.4 Å². The molecule has 0 aliphatic carbocycles. The summed E-state index contributed by atoms with van der Waals surface area (Å²) >= 11 is 1.03. The van der Waals surface area contributed by atoms with E-state index < -0.39 is 18.3 Å². The highest BCUT2D eigenvalue weighted by molar-refractivity contribution is 8.13. The Morgan fingerprint density at radius 1 is 1.60 bits per heavy atom. The maximum absolute atomic E-state index is 11.9. The Labute approximate surface area is 121 Å². The summed E-state index contributed by atoms with van der Waals surface area (Å²) in [7, 11) is 0. The highest BCUT2D eigenvalue weighted by Gasteiger charge is 2.40. The van der Waals surface area contributed by atoms with Crippen LogP contribution in [0, 0.1) is 6.92 Å². The normalized spacial score (nSPS) is 20.1. The van der Waals surface area contributed by atoms with E-state index in [4.69, 9.17) is 4.74 Å². The number of rotatable bonds is 3. The van der Waals surface area contributed by atoms with Crippen molar-refractivity contribution in [2.24, 2.45) is 0 Å². The van der Waals surface area contributed by atoms with Crippen molar-refractivity contribution in [2.45, 2.75) is 32.0 Å². The molecule has 20 heavy (non-hydrogen) atoms. The van der Waals surface area contributed by atoms with Crippen molar-refractivity contribution < 1.29 is 24.9 Å². The number of aliphatic hydroxyl groups is 2. The molecule has 2 rings (SSSR count). The molecule has 0 saturated carbocycles. The van der Waals surface area contributed by atoms with Crippen molar-refractivity contribution in [3.8, 4) is 11.5 Å². The molecule has 1 aliphatic heterocycles. The predicted octanol–water partition coefficient (Wildman–Crippen LogP) is 1.25. The van der Waals surface area contributed by atoms with E-state index in [0.717, 1.165) is 11.8 Å². The first-order chi connectivity index (χ1) is 9.31. The fourth-order valence-corrected chi connectivity index (χ4v) is 2.76. The molecule has 0 spiro atoms. The van der Waals surface area contributed by atoms with Gasteiger partial charge in [-0.15, -0.1) is 0 Å². The number of carbonyl (C=O) groups excluding carboxylic acids is 1. The molecular formula is C14H18O5S. The molecule has 5 nitrogen and oxygen atoms in total. The van der Waals surface area contributed by atoms with Gasteiger partial charge in [-0.3, -0.25) is 4.79 Å². The number of ether oxygens (including phenoxy) is 1. The van der Waals surface area contributed by atoms with Crippen molar-refractivity contribution in [3.05, 3.63) is 22.8 Å². The maximum Gasteiger partial charge on any atom is 0.223 e. The summed E-state index contributed by atoms with van der Waals surface area (Å²) in [4.78, 5) is 11.9. The zero-order chi connectivity index (χ0) is 15.1. The Hall–Kier alpha value is -1.24. The average molecular weight is 298 g/mol. The number of aliphatic hydroxyl groups excluding tert-OH is 1. The van der Waals surface area contributed by atoms with Gasteiger partial charge in [0, 0.05) is 12.0 Å². The first-order valence-corrected chi connectivity index (χ1v) is 7.48. The van der Waals surface area contributed by atoms with Crippen LogP contribution in [-0.2, 0) is 6.42 Å². The molecule has 0 fully saturated rings. The number of thioether (sulfide) groups is 1. The number of phenolic OH excluding ortho intramolecular Hbond substituents is 1. The van der Waals surface area contributed by atoms with Gasteiger partial charge >= 0.3 is 0 Å². The standard InChI is InChI=1S/C14H18O5S/c1-7-4-9-8(12(16)11(7)13(17)20-3)5-10(19-9)14(2,18)6-15/h4,10,15-16,18H,5-6H2,1-3H3/t10-,14-/m1/s1. The first-order valence-electron chi connectivity index (χ1n) is 6.25. The Morgan fingerprint density at radius 3 is 2.80 bits per heavy atom. The molecule has 0 bridgehead atoms. The van der Waals surface area contributed by atoms with Crippen LogP contribution in [0.3, 0.4) is 0 Å². The van der Waals surface area contributed by atoms with Gasteiger partial charge in [0.25, 0.3) is 0 Å². The minimum Gasteiger partial charge on any atom is -0.507 e. The van der Waals surface area contributed by atoms with Crippen molar-refractivity contribution in [1.82, 2.24) is 0 Å². The second-order valence-electron chi connectivity index (χ2n) is 5.21. The van der Waals surface area contributed by atoms with Gasteiger partial charge in [0.05, 0.1) is 12.2 Å². The summed E-state index contributed by atoms with van der Waals surface area (Å²) in [6.45, 7) is 2.76. The molecule has 0 aromatic heterocycles. The van der Waals surface area contributed by atoms with Crippen LogP contribution in [0.15, 0.2) is 6.07 Å². The van der Waals surface area contributed by atoms with E-state index in [1.807, 2.05) is 0 Å². The maximum atomic E-state index is 11.9. The number of phenols is 1. The van der Waals surface area contributed by atoms with Gasteiger partial charge < -0.3 is 20.1 Å². The smallest absolute Gasteiger partial charge is 0.223 e. The molecule has 0 amide bonds. The lowest BCUT2D eigenvalue weighted by Crippen LogP contribution is -2.45. The average Bonchev–Trinajstić information content (AvgIpc) is 2.83. The topological polar surface area (TPSA) is 87.0 Å². The number of hydrogen-bond donors (Lipinski definition) is 3. The number of benzene rings is 1. The Balaban J connectivity index is 2.44. The Kier molecular flexibility index (Phi) is 4.00. The number of aryl methyl sites for hydroxylation is 1. The minimum absolute atomic E-state index is 0.0874. The zero-order valence-corrected chi connectivity index (χ0v) is 12.5. The first kappa shape index (κ1) is 15.2. The molecule has 6 heteroatoms. The summed E-state index contributed by atoms with van der Waals surface area (Å²) in [6.07, 6.45) is 1.26. The van der Waals surface area contributed by atoms with E-state index in [2.05, 4.69) is 0 Å². The lowest BCUT2D eigenvalue weighted by molar-refractivity contribution is -0.0729. The van der Waals surface area contributed by atoms with Gasteiger partial charge in [0.15, 0.2) is 0 Å². The number of hydrogen-bond acceptors (Lipinski definition) is 6. The molecule has 0 unspecified atom stereocenters. The number of aromatic hydroxyl groups is 1. The van der Waals surface area contributed by atoms with Gasteiger partial charge in [-0.05, 0) is 31.7 Å². The van der Waals surface area contributed by atoms with Gasteiger partial charge in [-0.2, -0.15) is 0 Å². The molecular weight excluding hydrogens is 280 g/mol. The van der Waals surface area contributed by atoms with Crippen LogP contribution in [-0.4, -0.2) is 45.0 Å². The fourth-order valence-electron chi connectivity index (χ4n) is 2.30. The highest BCUT2D eigenvalue weighted by atomic mass is 32.2. The molecule has 1 aromatic carbocycles. The summed E-state index contributed by atoms with van der Waals surface area (Å²) in [6, 6.07) is 1.69. The molecule has 1 heterocycles. The van der Waals surface area contributed by atoms with Crippen LogP contribution in [0.2, 0.25) is 0 Å². The van der Waals surface area contributed by atoms with Crippen LogP contribution < -0.4 is 4.74 Å². The van der Waals surface area contributed by atoms with E-state index in [9.17, 15) is 20.1 Å². The molecule has 0 saturated heterocycles. The van der Waals surface area contributed by atoms with Crippen LogP contribution in [0.5, 0.6) is 11.5 Å². The van der Waals surface area contributed by atoms with Crippen molar-refractivity contribution >= 4 is 16.9 Å². The van der Waals surface area contributed by atoms with Crippen LogP contribution in [0.25, 0.3) is 0 Å². The molecule has 2 atom stereocenters. The van der Waals surface area contributed by atoms with Crippen LogP contribution in [0.4, 0.5) is 0 Å². The fraction of sp³-hybridized carbons (Fsp3) is 0.500. The van der Waals surface area contributed by atoms with Crippen molar-refractivity contribution in [1.29, 1.82) is 0 Å². The van der Waals surface area contributed by atoms with E-state index in [1.54, 1.807) is 19.2 Å². The highest BCUT2D eigenvalue weighted by Crippen LogP contribution is 2.42. The summed E-state index contributed by atoms with van der Waals surface area (Å²) in [5.41, 5.74) is 0.0176. The van der Waals surface area contributed by atoms with E-state index in [0.29, 0.717) is 16.9 Å². The van der Waals surface area contributed by atoms with Crippen molar-refractivity contribution in [2.75, 3.05) is 12.9 Å². The molecule has 1 aromatic rings. The van der Waals surface area contributed by atoms with Gasteiger partial charge in [-0.25, -0.2) is 0 Å². The SMILES string of the molecule is CSC(=O)c1c(C)cc2c(c1O)C[C@H]([C@](C)(O)CO)O2. The lowest BCUT2D eigenvalue weighted by atomic mass is 9.94. The summed E-state index contributed by atoms with van der Waals surface area (Å²) in [5, 5.41) is 29.3. The molecule has 3 N–H and O–H groups in total. The zero-order valence-electron chi connectivity index (χ0n) is 11.6. The second-order valence-corrected chi connectivity index (χ2v) is 5.99. The third-order valence-electron chi connectivity index (χ3n) is 3.62. The summed E-state index contributed by atoms with van der Waals surface area (Å²) in [5.74, 6) is 0.368. The third kappa shape index (κ3) is 2.39. The number of fused-ring (bicyclic) bond motifs is 1. The second kappa shape index (κ2) is 5.27. The lowest BCUT2D eigenvalue weighted by Gasteiger charge is -2.26. The predicted molar refractivity (Wildman–Crippen MR) is 76.5 cm³/mol. The Bertz CT molecular complexity index is 553. The van der Waals surface area contributed by atoms with E-state index >= 15 is 0 Å². The van der Waals surface area contributed by atoms with Gasteiger partial charge in [-0.1, -0.05) is 11.8 Å². The van der Waals surface area contributed by atoms with E-state index in [1.165, 1.54) is 6.92 Å².